The van der Waals surface area contributed by atoms with Gasteiger partial charge < -0.3 is 10.0 Å². The normalized spacial score (nSPS) is 25.8. The van der Waals surface area contributed by atoms with Gasteiger partial charge in [-0.2, -0.15) is 0 Å². The van der Waals surface area contributed by atoms with E-state index in [2.05, 4.69) is 0 Å². The van der Waals surface area contributed by atoms with Crippen molar-refractivity contribution < 1.29 is 38.5 Å². The number of allylic oxidation sites excluding steroid dienone is 2. The topological polar surface area (TPSA) is 185 Å². The van der Waals surface area contributed by atoms with E-state index in [1.807, 2.05) is 6.08 Å². The molecule has 0 unspecified atom stereocenters. The molecule has 1 saturated carbocycles. The molecule has 8 rings (SSSR count). The number of nitro groups is 2. The number of rotatable bonds is 6. The van der Waals surface area contributed by atoms with Crippen LogP contribution in [0.1, 0.15) is 31.2 Å². The summed E-state index contributed by atoms with van der Waals surface area (Å²) in [5.74, 6) is -8.18. The van der Waals surface area contributed by atoms with E-state index in [1.54, 1.807) is 37.3 Å². The van der Waals surface area contributed by atoms with E-state index in [4.69, 9.17) is 11.6 Å². The van der Waals surface area contributed by atoms with Crippen molar-refractivity contribution >= 4 is 74.4 Å². The third kappa shape index (κ3) is 4.98. The van der Waals surface area contributed by atoms with Gasteiger partial charge in [0.2, 0.25) is 23.6 Å². The maximum absolute atomic E-state index is 14.8. The Labute approximate surface area is 316 Å². The van der Waals surface area contributed by atoms with Crippen LogP contribution in [-0.4, -0.2) is 52.7 Å². The smallest absolute Gasteiger partial charge is 0.301 e. The number of carbonyl (C=O) groups excluding carboxylic acids is 4. The van der Waals surface area contributed by atoms with Crippen LogP contribution in [0.2, 0.25) is 5.02 Å². The Morgan fingerprint density at radius 2 is 1.51 bits per heavy atom. The molecule has 4 aromatic rings. The molecule has 0 aromatic heterocycles. The number of nitro benzene ring substituents is 2. The average molecular weight is 768 g/mol. The Bertz CT molecular complexity index is 2450. The number of benzene rings is 4. The van der Waals surface area contributed by atoms with E-state index in [0.29, 0.717) is 21.9 Å². The minimum Gasteiger partial charge on any atom is -0.507 e. The second-order valence-corrected chi connectivity index (χ2v) is 15.1. The van der Waals surface area contributed by atoms with E-state index in [0.717, 1.165) is 28.0 Å². The van der Waals surface area contributed by atoms with Crippen LogP contribution in [0.25, 0.3) is 10.8 Å². The number of halogens is 2. The number of aromatic hydroxyl groups is 1. The van der Waals surface area contributed by atoms with Gasteiger partial charge in [0, 0.05) is 37.5 Å². The summed E-state index contributed by atoms with van der Waals surface area (Å²) in [5, 5.41) is 35.9. The predicted octanol–water partition coefficient (Wildman–Crippen LogP) is 6.66. The van der Waals surface area contributed by atoms with Gasteiger partial charge in [0.15, 0.2) is 5.69 Å². The number of nitrogens with zero attached hydrogens (tertiary/aromatic N) is 5. The molecule has 2 aliphatic carbocycles. The Balaban J connectivity index is 1.30. The van der Waals surface area contributed by atoms with Gasteiger partial charge in [0.1, 0.15) is 11.6 Å². The van der Waals surface area contributed by atoms with E-state index < -0.39 is 85.7 Å². The number of imide groups is 2. The molecule has 55 heavy (non-hydrogen) atoms. The van der Waals surface area contributed by atoms with Gasteiger partial charge in [-0.25, -0.2) is 14.2 Å². The van der Waals surface area contributed by atoms with Crippen LogP contribution >= 0.6 is 11.6 Å². The summed E-state index contributed by atoms with van der Waals surface area (Å²) >= 11 is 6.10. The summed E-state index contributed by atoms with van der Waals surface area (Å²) in [4.78, 5) is 83.9. The molecule has 0 bridgehead atoms. The third-order valence-electron chi connectivity index (χ3n) is 11.8. The quantitative estimate of drug-likeness (QED) is 0.0964. The van der Waals surface area contributed by atoms with Crippen LogP contribution < -0.4 is 14.7 Å². The van der Waals surface area contributed by atoms with Gasteiger partial charge in [-0.1, -0.05) is 53.6 Å². The Morgan fingerprint density at radius 3 is 2.13 bits per heavy atom. The lowest BCUT2D eigenvalue weighted by atomic mass is 9.51. The zero-order valence-electron chi connectivity index (χ0n) is 29.4. The second-order valence-electron chi connectivity index (χ2n) is 14.7. The first-order chi connectivity index (χ1) is 26.1. The van der Waals surface area contributed by atoms with Crippen molar-refractivity contribution in [2.45, 2.75) is 25.7 Å². The fourth-order valence-corrected chi connectivity index (χ4v) is 9.67. The van der Waals surface area contributed by atoms with Crippen LogP contribution in [0.4, 0.5) is 32.8 Å². The minimum absolute atomic E-state index is 0.0156. The molecule has 280 valence electrons. The van der Waals surface area contributed by atoms with Gasteiger partial charge in [-0.05, 0) is 60.9 Å². The molecule has 6 atom stereocenters. The van der Waals surface area contributed by atoms with E-state index >= 15 is 0 Å². The van der Waals surface area contributed by atoms with Crippen LogP contribution in [0.3, 0.4) is 0 Å². The fourth-order valence-electron chi connectivity index (χ4n) is 9.50. The molecule has 2 heterocycles. The first-order valence-corrected chi connectivity index (χ1v) is 17.7. The molecular weight excluding hydrogens is 737 g/mol. The highest BCUT2D eigenvalue weighted by molar-refractivity contribution is 6.32. The Morgan fingerprint density at radius 1 is 0.855 bits per heavy atom. The molecule has 4 amide bonds. The van der Waals surface area contributed by atoms with E-state index in [-0.39, 0.29) is 40.7 Å². The summed E-state index contributed by atoms with van der Waals surface area (Å²) in [6.07, 6.45) is 1.80. The summed E-state index contributed by atoms with van der Waals surface area (Å²) in [5.41, 5.74) is -2.19. The number of anilines is 3. The van der Waals surface area contributed by atoms with Gasteiger partial charge in [0.25, 0.3) is 0 Å². The number of phenolic OH excluding ortho intramolecular Hbond substituents is 1. The van der Waals surface area contributed by atoms with Crippen molar-refractivity contribution in [1.29, 1.82) is 0 Å². The Hall–Kier alpha value is -6.22. The van der Waals surface area contributed by atoms with Crippen molar-refractivity contribution in [1.82, 2.24) is 0 Å². The maximum atomic E-state index is 14.8. The highest BCUT2D eigenvalue weighted by Crippen LogP contribution is 2.64. The van der Waals surface area contributed by atoms with Gasteiger partial charge >= 0.3 is 11.4 Å². The number of carbonyl (C=O) groups is 4. The van der Waals surface area contributed by atoms with Gasteiger partial charge in [0.05, 0.1) is 49.4 Å². The van der Waals surface area contributed by atoms with Crippen LogP contribution in [0.5, 0.6) is 5.75 Å². The van der Waals surface area contributed by atoms with Crippen molar-refractivity contribution in [2.24, 2.45) is 29.1 Å². The fraction of sp³-hybridized carbons (Fsp3) is 0.282. The first-order valence-electron chi connectivity index (χ1n) is 17.3. The maximum Gasteiger partial charge on any atom is 0.301 e. The molecule has 0 spiro atoms. The zero-order valence-corrected chi connectivity index (χ0v) is 30.2. The standard InChI is InChI=1S/C39H31ClFN5O9/c1-39-26(36(49)44(38(39)51)18-8-12-28(41)27(40)14-18)17-25-23(33(39)22-11-13-31(47)21-7-5-4-6-20(21)22)9-10-24-32(25)37(50)43(35(24)48)19-15-29(45(52)53)34(42(2)3)30(16-19)46(54)55/h4-9,11-16,24-26,32-33,47H,10,17H2,1-3H3/t24-,25+,26-,32-,33-,39+/m0/s1. The van der Waals surface area contributed by atoms with Crippen LogP contribution in [0, 0.1) is 55.1 Å². The molecule has 2 saturated heterocycles. The van der Waals surface area contributed by atoms with Gasteiger partial charge in [-0.15, -0.1) is 0 Å². The monoisotopic (exact) mass is 767 g/mol. The highest BCUT2D eigenvalue weighted by Gasteiger charge is 2.68. The number of fused-ring (bicyclic) bond motifs is 5. The second kappa shape index (κ2) is 12.4. The molecule has 16 heteroatoms. The molecular formula is C39H31ClFN5O9. The summed E-state index contributed by atoms with van der Waals surface area (Å²) in [6.45, 7) is 1.68. The van der Waals surface area contributed by atoms with Crippen molar-refractivity contribution in [2.75, 3.05) is 28.8 Å². The molecule has 4 aliphatic rings. The van der Waals surface area contributed by atoms with E-state index in [1.165, 1.54) is 37.2 Å². The van der Waals surface area contributed by atoms with Crippen molar-refractivity contribution in [3.63, 3.8) is 0 Å². The molecule has 4 aromatic carbocycles. The largest absolute Gasteiger partial charge is 0.507 e. The highest BCUT2D eigenvalue weighted by atomic mass is 35.5. The third-order valence-corrected chi connectivity index (χ3v) is 12.1. The molecule has 14 nitrogen and oxygen atoms in total. The number of amides is 4. The predicted molar refractivity (Wildman–Crippen MR) is 198 cm³/mol. The number of phenols is 1. The van der Waals surface area contributed by atoms with Crippen molar-refractivity contribution in [3.05, 3.63) is 115 Å². The summed E-state index contributed by atoms with van der Waals surface area (Å²) in [7, 11) is 2.79. The minimum atomic E-state index is -1.47. The SMILES string of the molecule is CN(C)c1c([N+](=O)[O-])cc(N2C(=O)[C@H]3[C@H](CC=C4[C@H]3C[C@H]3C(=O)N(c5ccc(F)c(Cl)c5)C(=O)[C@@]3(C)[C@H]4c3ccc(O)c4ccccc34)C2=O)cc1[N+](=O)[O-]. The lowest BCUT2D eigenvalue weighted by molar-refractivity contribution is -0.392. The van der Waals surface area contributed by atoms with E-state index in [9.17, 15) is 48.9 Å². The average Bonchev–Trinajstić information content (AvgIpc) is 3.52. The molecule has 0 radical (unpaired) electrons. The summed E-state index contributed by atoms with van der Waals surface area (Å²) < 4.78 is 14.3. The molecule has 1 N–H and O–H groups in total. The van der Waals surface area contributed by atoms with Gasteiger partial charge in [-0.3, -0.25) is 39.4 Å². The Kier molecular flexibility index (Phi) is 8.08. The summed E-state index contributed by atoms with van der Waals surface area (Å²) in [6, 6.07) is 15.6. The molecule has 2 aliphatic heterocycles. The van der Waals surface area contributed by atoms with Crippen LogP contribution in [0.15, 0.2) is 78.4 Å². The number of hydrogen-bond donors (Lipinski definition) is 1. The lowest BCUT2D eigenvalue weighted by Gasteiger charge is -2.49. The number of hydrogen-bond acceptors (Lipinski definition) is 10. The zero-order chi connectivity index (χ0) is 39.4. The molecule has 3 fully saturated rings. The lowest BCUT2D eigenvalue weighted by Crippen LogP contribution is -2.49. The first kappa shape index (κ1) is 35.8. The van der Waals surface area contributed by atoms with Crippen LogP contribution in [-0.2, 0) is 19.2 Å². The van der Waals surface area contributed by atoms with Crippen molar-refractivity contribution in [3.8, 4) is 5.75 Å².